The second kappa shape index (κ2) is 2.40. The summed E-state index contributed by atoms with van der Waals surface area (Å²) in [5.41, 5.74) is 5.48. The van der Waals surface area contributed by atoms with Gasteiger partial charge >= 0.3 is 0 Å². The molecule has 0 aromatic rings. The third kappa shape index (κ3) is 0.969. The van der Waals surface area contributed by atoms with Crippen LogP contribution in [0.4, 0.5) is 0 Å². The zero-order valence-electron chi connectivity index (χ0n) is 5.88. The Morgan fingerprint density at radius 2 is 2.00 bits per heavy atom. The zero-order chi connectivity index (χ0) is 8.01. The molecule has 0 saturated carbocycles. The first-order chi connectivity index (χ1) is 5.20. The highest BCUT2D eigenvalue weighted by atomic mass is 16.7. The molecule has 5 atom stereocenters. The summed E-state index contributed by atoms with van der Waals surface area (Å²) in [4.78, 5) is 0. The van der Waals surface area contributed by atoms with Crippen LogP contribution in [0.1, 0.15) is 0 Å². The number of rotatable bonds is 0. The Balaban J connectivity index is 2.16. The molecule has 0 aliphatic carbocycles. The van der Waals surface area contributed by atoms with Gasteiger partial charge in [-0.1, -0.05) is 0 Å². The summed E-state index contributed by atoms with van der Waals surface area (Å²) in [5.74, 6) is 0. The summed E-state index contributed by atoms with van der Waals surface area (Å²) in [6.45, 7) is 0.316. The van der Waals surface area contributed by atoms with Gasteiger partial charge < -0.3 is 25.4 Å². The molecule has 5 nitrogen and oxygen atoms in total. The number of nitrogens with two attached hydrogens (primary N) is 1. The average Bonchev–Trinajstić information content (AvgIpc) is 2.44. The Bertz CT molecular complexity index is 145. The summed E-state index contributed by atoms with van der Waals surface area (Å²) in [6.07, 6.45) is -2.73. The van der Waals surface area contributed by atoms with Gasteiger partial charge in [-0.2, -0.15) is 0 Å². The maximum atomic E-state index is 9.34. The number of hydrogen-bond donors (Lipinski definition) is 3. The van der Waals surface area contributed by atoms with Gasteiger partial charge in [0.2, 0.25) is 0 Å². The van der Waals surface area contributed by atoms with Crippen molar-refractivity contribution >= 4 is 0 Å². The van der Waals surface area contributed by atoms with Gasteiger partial charge in [-0.15, -0.1) is 0 Å². The summed E-state index contributed by atoms with van der Waals surface area (Å²) in [5, 5.41) is 18.6. The van der Waals surface area contributed by atoms with E-state index in [1.165, 1.54) is 0 Å². The summed E-state index contributed by atoms with van der Waals surface area (Å²) >= 11 is 0. The van der Waals surface area contributed by atoms with Crippen molar-refractivity contribution in [2.75, 3.05) is 6.61 Å². The van der Waals surface area contributed by atoms with Crippen LogP contribution < -0.4 is 5.73 Å². The van der Waals surface area contributed by atoms with Crippen LogP contribution in [-0.4, -0.2) is 47.5 Å². The van der Waals surface area contributed by atoms with Crippen molar-refractivity contribution in [1.82, 2.24) is 0 Å². The lowest BCUT2D eigenvalue weighted by Gasteiger charge is -2.33. The zero-order valence-corrected chi connectivity index (χ0v) is 5.88. The van der Waals surface area contributed by atoms with Crippen molar-refractivity contribution in [3.63, 3.8) is 0 Å². The highest BCUT2D eigenvalue weighted by molar-refractivity contribution is 4.95. The predicted molar refractivity (Wildman–Crippen MR) is 34.6 cm³/mol. The highest BCUT2D eigenvalue weighted by Crippen LogP contribution is 2.26. The van der Waals surface area contributed by atoms with Crippen molar-refractivity contribution in [1.29, 1.82) is 0 Å². The van der Waals surface area contributed by atoms with E-state index in [0.29, 0.717) is 6.61 Å². The summed E-state index contributed by atoms with van der Waals surface area (Å²) < 4.78 is 10.1. The SMILES string of the molecule is N[C@H]1[C@@H](O)[C@@H]2OC[C@@H](O2)[C@H]1O. The fourth-order valence-electron chi connectivity index (χ4n) is 1.43. The molecule has 2 heterocycles. The molecule has 5 heteroatoms. The Hall–Kier alpha value is -0.200. The molecule has 64 valence electrons. The van der Waals surface area contributed by atoms with Crippen LogP contribution in [0.25, 0.3) is 0 Å². The molecule has 4 N–H and O–H groups in total. The molecule has 2 bridgehead atoms. The van der Waals surface area contributed by atoms with E-state index in [1.54, 1.807) is 0 Å². The largest absolute Gasteiger partial charge is 0.389 e. The van der Waals surface area contributed by atoms with Gasteiger partial charge in [0, 0.05) is 0 Å². The van der Waals surface area contributed by atoms with Gasteiger partial charge in [0.05, 0.1) is 12.6 Å². The summed E-state index contributed by atoms with van der Waals surface area (Å²) in [6, 6.07) is -0.652. The van der Waals surface area contributed by atoms with Gasteiger partial charge in [0.15, 0.2) is 6.29 Å². The van der Waals surface area contributed by atoms with Gasteiger partial charge in [0.1, 0.15) is 18.3 Å². The van der Waals surface area contributed by atoms with Crippen LogP contribution in [0, 0.1) is 0 Å². The maximum absolute atomic E-state index is 9.34. The molecule has 2 fully saturated rings. The van der Waals surface area contributed by atoms with Crippen molar-refractivity contribution in [3.8, 4) is 0 Å². The minimum absolute atomic E-state index is 0.316. The Morgan fingerprint density at radius 1 is 1.27 bits per heavy atom. The molecule has 2 rings (SSSR count). The minimum atomic E-state index is -0.913. The third-order valence-electron chi connectivity index (χ3n) is 2.18. The molecule has 0 amide bonds. The first-order valence-electron chi connectivity index (χ1n) is 3.59. The lowest BCUT2D eigenvalue weighted by atomic mass is 9.99. The molecule has 11 heavy (non-hydrogen) atoms. The lowest BCUT2D eigenvalue weighted by molar-refractivity contribution is -0.189. The second-order valence-corrected chi connectivity index (χ2v) is 2.93. The van der Waals surface area contributed by atoms with Gasteiger partial charge in [-0.3, -0.25) is 0 Å². The first-order valence-corrected chi connectivity index (χ1v) is 3.59. The van der Waals surface area contributed by atoms with Crippen molar-refractivity contribution in [2.45, 2.75) is 30.6 Å². The van der Waals surface area contributed by atoms with E-state index in [4.69, 9.17) is 15.2 Å². The Kier molecular flexibility index (Phi) is 1.62. The number of fused-ring (bicyclic) bond motifs is 2. The molecule has 2 saturated heterocycles. The van der Waals surface area contributed by atoms with Crippen molar-refractivity contribution in [3.05, 3.63) is 0 Å². The molecule has 0 aromatic carbocycles. The molecule has 2 aliphatic heterocycles. The molecule has 0 radical (unpaired) electrons. The number of hydrogen-bond acceptors (Lipinski definition) is 5. The first kappa shape index (κ1) is 7.45. The molecule has 2 aliphatic rings. The molecule has 0 aromatic heterocycles. The van der Waals surface area contributed by atoms with Crippen LogP contribution in [0.2, 0.25) is 0 Å². The van der Waals surface area contributed by atoms with Gasteiger partial charge in [-0.25, -0.2) is 0 Å². The standard InChI is InChI=1S/C6H11NO4/c7-3-4(8)2-1-10-6(11-2)5(3)9/h2-6,8-9H,1,7H2/t2-,3-,4-,5-,6-/m1/s1. The van der Waals surface area contributed by atoms with Crippen LogP contribution in [0.5, 0.6) is 0 Å². The molecular formula is C6H11NO4. The van der Waals surface area contributed by atoms with E-state index in [-0.39, 0.29) is 6.10 Å². The summed E-state index contributed by atoms with van der Waals surface area (Å²) in [7, 11) is 0. The van der Waals surface area contributed by atoms with E-state index >= 15 is 0 Å². The monoisotopic (exact) mass is 161 g/mol. The van der Waals surface area contributed by atoms with Crippen molar-refractivity contribution < 1.29 is 19.7 Å². The normalized spacial score (nSPS) is 56.5. The lowest BCUT2D eigenvalue weighted by Crippen LogP contribution is -2.58. The van der Waals surface area contributed by atoms with Crippen molar-refractivity contribution in [2.24, 2.45) is 5.73 Å². The van der Waals surface area contributed by atoms with Gasteiger partial charge in [-0.05, 0) is 0 Å². The average molecular weight is 161 g/mol. The topological polar surface area (TPSA) is 84.9 Å². The fourth-order valence-corrected chi connectivity index (χ4v) is 1.43. The van der Waals surface area contributed by atoms with Crippen LogP contribution in [0.15, 0.2) is 0 Å². The second-order valence-electron chi connectivity index (χ2n) is 2.93. The fraction of sp³-hybridized carbons (Fsp3) is 1.00. The Labute approximate surface area is 63.7 Å². The van der Waals surface area contributed by atoms with E-state index in [2.05, 4.69) is 0 Å². The van der Waals surface area contributed by atoms with Crippen LogP contribution in [0.3, 0.4) is 0 Å². The van der Waals surface area contributed by atoms with Crippen LogP contribution in [-0.2, 0) is 9.47 Å². The molecular weight excluding hydrogens is 150 g/mol. The highest BCUT2D eigenvalue weighted by Gasteiger charge is 2.47. The quantitative estimate of drug-likeness (QED) is 0.375. The third-order valence-corrected chi connectivity index (χ3v) is 2.18. The predicted octanol–water partition coefficient (Wildman–Crippen LogP) is -2.21. The number of aliphatic hydroxyl groups excluding tert-OH is 2. The Morgan fingerprint density at radius 3 is 2.73 bits per heavy atom. The minimum Gasteiger partial charge on any atom is -0.389 e. The molecule has 0 unspecified atom stereocenters. The number of aliphatic hydroxyl groups is 2. The van der Waals surface area contributed by atoms with E-state index in [9.17, 15) is 10.2 Å². The van der Waals surface area contributed by atoms with E-state index < -0.39 is 24.5 Å². The van der Waals surface area contributed by atoms with Gasteiger partial charge in [0.25, 0.3) is 0 Å². The molecule has 0 spiro atoms. The maximum Gasteiger partial charge on any atom is 0.185 e. The van der Waals surface area contributed by atoms with E-state index in [0.717, 1.165) is 0 Å². The van der Waals surface area contributed by atoms with Crippen LogP contribution >= 0.6 is 0 Å². The number of ether oxygens (including phenoxy) is 2. The van der Waals surface area contributed by atoms with E-state index in [1.807, 2.05) is 0 Å². The smallest absolute Gasteiger partial charge is 0.185 e.